The third-order valence-corrected chi connectivity index (χ3v) is 6.25. The summed E-state index contributed by atoms with van der Waals surface area (Å²) in [6, 6.07) is 20.5. The molecular weight excluding hydrogens is 358 g/mol. The maximum atomic E-state index is 12.7. The van der Waals surface area contributed by atoms with Crippen LogP contribution in [0.2, 0.25) is 0 Å². The Morgan fingerprint density at radius 1 is 1.00 bits per heavy atom. The van der Waals surface area contributed by atoms with E-state index in [1.807, 2.05) is 36.5 Å². The molecule has 4 rings (SSSR count). The van der Waals surface area contributed by atoms with Crippen molar-refractivity contribution in [2.24, 2.45) is 0 Å². The molecule has 0 saturated heterocycles. The zero-order valence-corrected chi connectivity index (χ0v) is 15.6. The normalized spacial score (nSPS) is 16.7. The lowest BCUT2D eigenvalue weighted by Gasteiger charge is -2.36. The third kappa shape index (κ3) is 4.02. The number of anilines is 1. The number of hydrogen-bond donors (Lipinski definition) is 1. The van der Waals surface area contributed by atoms with Crippen LogP contribution in [-0.2, 0) is 23.0 Å². The van der Waals surface area contributed by atoms with Crippen LogP contribution >= 0.6 is 0 Å². The van der Waals surface area contributed by atoms with E-state index in [2.05, 4.69) is 26.7 Å². The summed E-state index contributed by atoms with van der Waals surface area (Å²) in [6.45, 7) is 1.33. The molecule has 0 saturated carbocycles. The fourth-order valence-electron chi connectivity index (χ4n) is 3.50. The van der Waals surface area contributed by atoms with E-state index < -0.39 is 10.0 Å². The Balaban J connectivity index is 1.59. The maximum absolute atomic E-state index is 12.7. The summed E-state index contributed by atoms with van der Waals surface area (Å²) in [5, 5.41) is 0. The first-order valence-corrected chi connectivity index (χ1v) is 10.4. The molecule has 1 unspecified atom stereocenters. The average molecular weight is 379 g/mol. The van der Waals surface area contributed by atoms with Crippen LogP contribution in [0.1, 0.15) is 11.1 Å². The van der Waals surface area contributed by atoms with Crippen LogP contribution in [0.25, 0.3) is 0 Å². The van der Waals surface area contributed by atoms with Crippen LogP contribution in [-0.4, -0.2) is 26.0 Å². The molecule has 0 bridgehead atoms. The quantitative estimate of drug-likeness (QED) is 0.740. The summed E-state index contributed by atoms with van der Waals surface area (Å²) in [5.41, 5.74) is 3.36. The van der Waals surface area contributed by atoms with Gasteiger partial charge in [-0.05, 0) is 35.7 Å². The van der Waals surface area contributed by atoms with E-state index in [1.54, 1.807) is 30.5 Å². The summed E-state index contributed by atoms with van der Waals surface area (Å²) >= 11 is 0. The lowest BCUT2D eigenvalue weighted by Crippen LogP contribution is -2.48. The standard InChI is InChI=1S/C21H21N3O2S/c25-27(26,20-9-5-2-6-10-20)23-19-13-18-14-22-12-11-21(18)24(16-19)15-17-7-3-1-4-8-17/h1-12,14,19,23H,13,15-16H2. The van der Waals surface area contributed by atoms with Gasteiger partial charge in [0.15, 0.2) is 0 Å². The second kappa shape index (κ2) is 7.50. The molecule has 0 aliphatic carbocycles. The second-order valence-corrected chi connectivity index (χ2v) is 8.42. The van der Waals surface area contributed by atoms with Gasteiger partial charge in [-0.15, -0.1) is 0 Å². The topological polar surface area (TPSA) is 62.3 Å². The van der Waals surface area contributed by atoms with Gasteiger partial charge in [0.05, 0.1) is 4.90 Å². The van der Waals surface area contributed by atoms with Crippen molar-refractivity contribution in [3.63, 3.8) is 0 Å². The van der Waals surface area contributed by atoms with E-state index in [-0.39, 0.29) is 10.9 Å². The van der Waals surface area contributed by atoms with Crippen molar-refractivity contribution >= 4 is 15.7 Å². The van der Waals surface area contributed by atoms with Crippen molar-refractivity contribution in [2.45, 2.75) is 23.9 Å². The molecule has 1 atom stereocenters. The predicted octanol–water partition coefficient (Wildman–Crippen LogP) is 2.99. The molecule has 0 spiro atoms. The molecule has 0 radical (unpaired) electrons. The van der Waals surface area contributed by atoms with E-state index in [0.29, 0.717) is 13.0 Å². The van der Waals surface area contributed by atoms with Crippen LogP contribution in [0.3, 0.4) is 0 Å². The molecule has 1 N–H and O–H groups in total. The number of pyridine rings is 1. The maximum Gasteiger partial charge on any atom is 0.240 e. The Hall–Kier alpha value is -2.70. The first kappa shape index (κ1) is 17.7. The fourth-order valence-corrected chi connectivity index (χ4v) is 4.75. The van der Waals surface area contributed by atoms with Crippen LogP contribution < -0.4 is 9.62 Å². The van der Waals surface area contributed by atoms with Gasteiger partial charge < -0.3 is 4.90 Å². The minimum absolute atomic E-state index is 0.212. The van der Waals surface area contributed by atoms with Crippen LogP contribution in [0.5, 0.6) is 0 Å². The number of nitrogens with one attached hydrogen (secondary N) is 1. The van der Waals surface area contributed by atoms with Crippen molar-refractivity contribution in [3.8, 4) is 0 Å². The molecule has 1 aliphatic heterocycles. The van der Waals surface area contributed by atoms with E-state index in [1.165, 1.54) is 5.56 Å². The smallest absolute Gasteiger partial charge is 0.240 e. The molecule has 6 heteroatoms. The van der Waals surface area contributed by atoms with Gasteiger partial charge in [0.25, 0.3) is 0 Å². The molecule has 5 nitrogen and oxygen atoms in total. The van der Waals surface area contributed by atoms with Crippen LogP contribution in [0, 0.1) is 0 Å². The summed E-state index contributed by atoms with van der Waals surface area (Å²) in [7, 11) is -3.56. The average Bonchev–Trinajstić information content (AvgIpc) is 2.69. The molecule has 2 heterocycles. The third-order valence-electron chi connectivity index (χ3n) is 4.72. The number of hydrogen-bond acceptors (Lipinski definition) is 4. The van der Waals surface area contributed by atoms with Crippen molar-refractivity contribution < 1.29 is 8.42 Å². The van der Waals surface area contributed by atoms with Gasteiger partial charge in [-0.3, -0.25) is 4.98 Å². The predicted molar refractivity (Wildman–Crippen MR) is 106 cm³/mol. The molecule has 3 aromatic rings. The number of sulfonamides is 1. The van der Waals surface area contributed by atoms with E-state index >= 15 is 0 Å². The molecule has 0 fully saturated rings. The molecule has 1 aliphatic rings. The largest absolute Gasteiger partial charge is 0.365 e. The van der Waals surface area contributed by atoms with Crippen molar-refractivity contribution in [1.82, 2.24) is 9.71 Å². The van der Waals surface area contributed by atoms with E-state index in [4.69, 9.17) is 0 Å². The van der Waals surface area contributed by atoms with E-state index in [0.717, 1.165) is 17.8 Å². The zero-order valence-electron chi connectivity index (χ0n) is 14.8. The minimum Gasteiger partial charge on any atom is -0.365 e. The van der Waals surface area contributed by atoms with Gasteiger partial charge in [-0.1, -0.05) is 48.5 Å². The number of rotatable bonds is 5. The number of benzene rings is 2. The van der Waals surface area contributed by atoms with Crippen molar-refractivity contribution in [3.05, 3.63) is 90.3 Å². The number of fused-ring (bicyclic) bond motifs is 1. The molecule has 138 valence electrons. The summed E-state index contributed by atoms with van der Waals surface area (Å²) < 4.78 is 28.3. The minimum atomic E-state index is -3.56. The first-order chi connectivity index (χ1) is 13.1. The Bertz CT molecular complexity index is 1010. The molecule has 1 aromatic heterocycles. The Morgan fingerprint density at radius 3 is 2.44 bits per heavy atom. The summed E-state index contributed by atoms with van der Waals surface area (Å²) in [5.74, 6) is 0. The van der Waals surface area contributed by atoms with Gasteiger partial charge in [0, 0.05) is 37.2 Å². The van der Waals surface area contributed by atoms with E-state index in [9.17, 15) is 8.42 Å². The molecule has 27 heavy (non-hydrogen) atoms. The highest BCUT2D eigenvalue weighted by Crippen LogP contribution is 2.28. The van der Waals surface area contributed by atoms with Gasteiger partial charge >= 0.3 is 0 Å². The summed E-state index contributed by atoms with van der Waals surface area (Å²) in [6.07, 6.45) is 4.24. The molecule has 2 aromatic carbocycles. The lowest BCUT2D eigenvalue weighted by molar-refractivity contribution is 0.524. The van der Waals surface area contributed by atoms with Gasteiger partial charge in [-0.25, -0.2) is 13.1 Å². The van der Waals surface area contributed by atoms with Crippen LogP contribution in [0.4, 0.5) is 5.69 Å². The highest BCUT2D eigenvalue weighted by Gasteiger charge is 2.28. The second-order valence-electron chi connectivity index (χ2n) is 6.71. The number of aromatic nitrogens is 1. The van der Waals surface area contributed by atoms with Crippen LogP contribution in [0.15, 0.2) is 84.0 Å². The Kier molecular flexibility index (Phi) is 4.92. The highest BCUT2D eigenvalue weighted by molar-refractivity contribution is 7.89. The first-order valence-electron chi connectivity index (χ1n) is 8.91. The Morgan fingerprint density at radius 2 is 1.70 bits per heavy atom. The SMILES string of the molecule is O=S(=O)(NC1Cc2cnccc2N(Cc2ccccc2)C1)c1ccccc1. The number of nitrogens with zero attached hydrogens (tertiary/aromatic N) is 2. The monoisotopic (exact) mass is 379 g/mol. The highest BCUT2D eigenvalue weighted by atomic mass is 32.2. The summed E-state index contributed by atoms with van der Waals surface area (Å²) in [4.78, 5) is 6.73. The van der Waals surface area contributed by atoms with Gasteiger partial charge in [0.1, 0.15) is 0 Å². The fraction of sp³-hybridized carbons (Fsp3) is 0.190. The van der Waals surface area contributed by atoms with Crippen molar-refractivity contribution in [2.75, 3.05) is 11.4 Å². The van der Waals surface area contributed by atoms with Gasteiger partial charge in [-0.2, -0.15) is 0 Å². The molecule has 0 amide bonds. The molecular formula is C21H21N3O2S. The van der Waals surface area contributed by atoms with Gasteiger partial charge in [0.2, 0.25) is 10.0 Å². The van der Waals surface area contributed by atoms with Crippen molar-refractivity contribution in [1.29, 1.82) is 0 Å². The zero-order chi connectivity index (χ0) is 18.7. The Labute approximate surface area is 159 Å². The lowest BCUT2D eigenvalue weighted by atomic mass is 10.00.